The van der Waals surface area contributed by atoms with Crippen molar-refractivity contribution in [2.24, 2.45) is 0 Å². The maximum absolute atomic E-state index is 13.3. The number of anilines is 2. The van der Waals surface area contributed by atoms with Crippen LogP contribution >= 0.6 is 12.4 Å². The van der Waals surface area contributed by atoms with Crippen molar-refractivity contribution in [3.63, 3.8) is 0 Å². The van der Waals surface area contributed by atoms with Gasteiger partial charge in [0.15, 0.2) is 0 Å². The van der Waals surface area contributed by atoms with Crippen LogP contribution in [0, 0.1) is 18.8 Å². The highest BCUT2D eigenvalue weighted by Gasteiger charge is 2.20. The van der Waals surface area contributed by atoms with Crippen molar-refractivity contribution in [2.75, 3.05) is 17.1 Å². The third kappa shape index (κ3) is 5.35. The van der Waals surface area contributed by atoms with Gasteiger partial charge in [-0.1, -0.05) is 36.1 Å². The number of aromatic nitrogens is 2. The van der Waals surface area contributed by atoms with Gasteiger partial charge in [0.25, 0.3) is 10.0 Å². The van der Waals surface area contributed by atoms with Crippen LogP contribution in [0.2, 0.25) is 0 Å². The third-order valence-electron chi connectivity index (χ3n) is 5.13. The highest BCUT2D eigenvalue weighted by Crippen LogP contribution is 2.28. The van der Waals surface area contributed by atoms with E-state index in [9.17, 15) is 13.2 Å². The molecule has 10 heteroatoms. The molecule has 0 saturated carbocycles. The van der Waals surface area contributed by atoms with Crippen LogP contribution in [-0.2, 0) is 10.0 Å². The topological polar surface area (TPSA) is 121 Å². The van der Waals surface area contributed by atoms with Crippen molar-refractivity contribution >= 4 is 50.7 Å². The van der Waals surface area contributed by atoms with Gasteiger partial charge in [-0.05, 0) is 42.8 Å². The molecule has 2 aromatic carbocycles. The van der Waals surface area contributed by atoms with E-state index in [-0.39, 0.29) is 23.0 Å². The number of benzene rings is 2. The molecule has 3 N–H and O–H groups in total. The van der Waals surface area contributed by atoms with Crippen molar-refractivity contribution in [2.45, 2.75) is 11.8 Å². The van der Waals surface area contributed by atoms with Gasteiger partial charge in [-0.15, -0.1) is 12.4 Å². The molecule has 0 radical (unpaired) electrons. The number of hydrogen-bond donors (Lipinski definition) is 3. The maximum atomic E-state index is 13.3. The number of carboxylic acid groups (broad SMARTS) is 1. The van der Waals surface area contributed by atoms with E-state index in [1.807, 2.05) is 0 Å². The number of carbonyl (C=O) groups is 1. The Morgan fingerprint density at radius 3 is 2.43 bits per heavy atom. The summed E-state index contributed by atoms with van der Waals surface area (Å²) in [6.07, 6.45) is 2.94. The monoisotopic (exact) mass is 508 g/mol. The number of hydrogen-bond acceptors (Lipinski definition) is 6. The summed E-state index contributed by atoms with van der Waals surface area (Å²) in [5, 5.41) is 12.8. The van der Waals surface area contributed by atoms with Crippen molar-refractivity contribution in [3.05, 3.63) is 89.4 Å². The van der Waals surface area contributed by atoms with E-state index in [4.69, 9.17) is 5.11 Å². The average molecular weight is 509 g/mol. The normalized spacial score (nSPS) is 10.6. The lowest BCUT2D eigenvalue weighted by Gasteiger charge is -2.13. The van der Waals surface area contributed by atoms with E-state index < -0.39 is 16.0 Å². The minimum absolute atomic E-state index is 0. The van der Waals surface area contributed by atoms with Crippen LogP contribution in [-0.4, -0.2) is 36.5 Å². The molecular formula is C25H21ClN4O4S. The van der Waals surface area contributed by atoms with E-state index in [1.165, 1.54) is 18.3 Å². The molecule has 0 bridgehead atoms. The van der Waals surface area contributed by atoms with Crippen LogP contribution < -0.4 is 10.0 Å². The standard InChI is InChI=1S/C25H20N4O4S.ClH/c1-16-14-22(25(30)31)28-15-18(16)11-10-17-6-3-4-8-20(17)29-34(32,33)23-9-5-7-19-21(26-2)12-13-27-24(19)23;/h3-9,12-15,29H,1-2H3,(H,26,27)(H,30,31);1H. The van der Waals surface area contributed by atoms with Crippen LogP contribution in [0.4, 0.5) is 11.4 Å². The summed E-state index contributed by atoms with van der Waals surface area (Å²) < 4.78 is 29.2. The zero-order chi connectivity index (χ0) is 24.3. The van der Waals surface area contributed by atoms with Crippen LogP contribution in [0.5, 0.6) is 0 Å². The molecule has 0 unspecified atom stereocenters. The molecule has 2 heterocycles. The van der Waals surface area contributed by atoms with Crippen LogP contribution in [0.25, 0.3) is 10.9 Å². The van der Waals surface area contributed by atoms with Gasteiger partial charge in [0.05, 0.1) is 11.2 Å². The number of para-hydroxylation sites is 2. The molecule has 0 aliphatic heterocycles. The van der Waals surface area contributed by atoms with Crippen LogP contribution in [0.3, 0.4) is 0 Å². The minimum atomic E-state index is -3.98. The van der Waals surface area contributed by atoms with E-state index in [1.54, 1.807) is 62.6 Å². The molecule has 0 spiro atoms. The zero-order valence-electron chi connectivity index (χ0n) is 18.7. The van der Waals surface area contributed by atoms with Gasteiger partial charge >= 0.3 is 5.97 Å². The van der Waals surface area contributed by atoms with Gasteiger partial charge in [-0.3, -0.25) is 9.71 Å². The number of halogens is 1. The lowest BCUT2D eigenvalue weighted by molar-refractivity contribution is 0.0690. The Morgan fingerprint density at radius 2 is 1.71 bits per heavy atom. The molecule has 178 valence electrons. The predicted molar refractivity (Wildman–Crippen MR) is 138 cm³/mol. The lowest BCUT2D eigenvalue weighted by Crippen LogP contribution is -2.14. The molecule has 0 atom stereocenters. The Hall–Kier alpha value is -4.13. The predicted octanol–water partition coefficient (Wildman–Crippen LogP) is 4.30. The summed E-state index contributed by atoms with van der Waals surface area (Å²) in [6.45, 7) is 1.74. The first-order valence-corrected chi connectivity index (χ1v) is 11.7. The molecule has 0 aliphatic rings. The Kier molecular flexibility index (Phi) is 7.59. The van der Waals surface area contributed by atoms with Crippen LogP contribution in [0.15, 0.2) is 71.9 Å². The summed E-state index contributed by atoms with van der Waals surface area (Å²) in [5.74, 6) is 4.79. The lowest BCUT2D eigenvalue weighted by atomic mass is 10.1. The Morgan fingerprint density at radius 1 is 0.971 bits per heavy atom. The van der Waals surface area contributed by atoms with Crippen molar-refractivity contribution in [3.8, 4) is 11.8 Å². The molecule has 0 fully saturated rings. The summed E-state index contributed by atoms with van der Waals surface area (Å²) in [4.78, 5) is 19.3. The zero-order valence-corrected chi connectivity index (χ0v) is 20.4. The highest BCUT2D eigenvalue weighted by molar-refractivity contribution is 7.93. The molecule has 8 nitrogen and oxygen atoms in total. The molecule has 4 rings (SSSR count). The number of rotatable bonds is 5. The number of pyridine rings is 2. The summed E-state index contributed by atoms with van der Waals surface area (Å²) in [7, 11) is -2.22. The first-order chi connectivity index (χ1) is 16.3. The Balaban J connectivity index is 0.00000342. The number of nitrogens with zero attached hydrogens (tertiary/aromatic N) is 2. The van der Waals surface area contributed by atoms with Gasteiger partial charge in [0.1, 0.15) is 10.6 Å². The third-order valence-corrected chi connectivity index (χ3v) is 6.52. The quantitative estimate of drug-likeness (QED) is 0.343. The fourth-order valence-corrected chi connectivity index (χ4v) is 4.66. The number of carboxylic acids is 1. The molecule has 0 amide bonds. The maximum Gasteiger partial charge on any atom is 0.354 e. The fourth-order valence-electron chi connectivity index (χ4n) is 3.40. The summed E-state index contributed by atoms with van der Waals surface area (Å²) >= 11 is 0. The van der Waals surface area contributed by atoms with E-state index in [0.29, 0.717) is 33.3 Å². The second kappa shape index (κ2) is 10.4. The number of sulfonamides is 1. The van der Waals surface area contributed by atoms with Crippen molar-refractivity contribution in [1.29, 1.82) is 0 Å². The molecule has 0 aliphatic carbocycles. The Labute approximate surface area is 208 Å². The van der Waals surface area contributed by atoms with E-state index in [2.05, 4.69) is 31.8 Å². The summed E-state index contributed by atoms with van der Waals surface area (Å²) in [6, 6.07) is 15.0. The smallest absolute Gasteiger partial charge is 0.354 e. The number of aromatic carboxylic acids is 1. The largest absolute Gasteiger partial charge is 0.477 e. The average Bonchev–Trinajstić information content (AvgIpc) is 2.83. The van der Waals surface area contributed by atoms with E-state index >= 15 is 0 Å². The second-order valence-electron chi connectivity index (χ2n) is 7.35. The van der Waals surface area contributed by atoms with Gasteiger partial charge in [0, 0.05) is 41.6 Å². The number of nitrogens with one attached hydrogen (secondary N) is 2. The van der Waals surface area contributed by atoms with Crippen LogP contribution in [0.1, 0.15) is 27.2 Å². The van der Waals surface area contributed by atoms with Gasteiger partial charge in [-0.2, -0.15) is 0 Å². The molecule has 0 saturated heterocycles. The first-order valence-electron chi connectivity index (χ1n) is 10.2. The summed E-state index contributed by atoms with van der Waals surface area (Å²) in [5.41, 5.74) is 3.01. The molecule has 2 aromatic heterocycles. The van der Waals surface area contributed by atoms with Crippen molar-refractivity contribution in [1.82, 2.24) is 9.97 Å². The fraction of sp³-hybridized carbons (Fsp3) is 0.0800. The minimum Gasteiger partial charge on any atom is -0.477 e. The number of fused-ring (bicyclic) bond motifs is 1. The molecular weight excluding hydrogens is 488 g/mol. The van der Waals surface area contributed by atoms with Gasteiger partial charge in [-0.25, -0.2) is 18.2 Å². The van der Waals surface area contributed by atoms with Gasteiger partial charge < -0.3 is 10.4 Å². The Bertz CT molecular complexity index is 1590. The first kappa shape index (κ1) is 25.5. The second-order valence-corrected chi connectivity index (χ2v) is 9.00. The molecule has 35 heavy (non-hydrogen) atoms. The van der Waals surface area contributed by atoms with Gasteiger partial charge in [0.2, 0.25) is 0 Å². The number of aryl methyl sites for hydroxylation is 1. The molecule has 4 aromatic rings. The van der Waals surface area contributed by atoms with E-state index in [0.717, 1.165) is 5.69 Å². The SMILES string of the molecule is CNc1ccnc2c(S(=O)(=O)Nc3ccccc3C#Cc3cnc(C(=O)O)cc3C)cccc12.Cl. The highest BCUT2D eigenvalue weighted by atomic mass is 35.5. The van der Waals surface area contributed by atoms with Crippen molar-refractivity contribution < 1.29 is 18.3 Å².